The van der Waals surface area contributed by atoms with E-state index < -0.39 is 11.9 Å². The number of methoxy groups -OCH3 is 2. The zero-order valence-corrected chi connectivity index (χ0v) is 24.5. The number of aromatic nitrogens is 4. The molecule has 12 heteroatoms. The van der Waals surface area contributed by atoms with E-state index in [-0.39, 0.29) is 11.9 Å². The average molecular weight is 584 g/mol. The van der Waals surface area contributed by atoms with Crippen LogP contribution in [-0.2, 0) is 13.2 Å². The van der Waals surface area contributed by atoms with Gasteiger partial charge in [0.1, 0.15) is 17.9 Å². The number of ether oxygens (including phenoxy) is 2. The van der Waals surface area contributed by atoms with E-state index in [9.17, 15) is 13.2 Å². The number of nitrogens with two attached hydrogens (primary N) is 1. The lowest BCUT2D eigenvalue weighted by molar-refractivity contribution is -0.140. The second kappa shape index (κ2) is 11.7. The minimum absolute atomic E-state index is 0.127. The fourth-order valence-corrected chi connectivity index (χ4v) is 5.71. The van der Waals surface area contributed by atoms with E-state index in [1.807, 2.05) is 12.1 Å². The van der Waals surface area contributed by atoms with E-state index in [4.69, 9.17) is 15.2 Å². The van der Waals surface area contributed by atoms with Crippen LogP contribution < -0.4 is 20.1 Å². The van der Waals surface area contributed by atoms with Gasteiger partial charge in [-0.2, -0.15) is 13.2 Å². The third kappa shape index (κ3) is 5.54. The summed E-state index contributed by atoms with van der Waals surface area (Å²) < 4.78 is 52.7. The van der Waals surface area contributed by atoms with Crippen molar-refractivity contribution in [1.82, 2.24) is 19.5 Å². The van der Waals surface area contributed by atoms with E-state index in [1.54, 1.807) is 20.2 Å². The molecule has 1 atom stereocenters. The van der Waals surface area contributed by atoms with Gasteiger partial charge in [-0.25, -0.2) is 15.0 Å². The molecule has 2 aromatic heterocycles. The quantitative estimate of drug-likeness (QED) is 0.368. The third-order valence-corrected chi connectivity index (χ3v) is 7.96. The molecule has 1 unspecified atom stereocenters. The first-order valence-electron chi connectivity index (χ1n) is 14.0. The van der Waals surface area contributed by atoms with Crippen LogP contribution in [0.15, 0.2) is 41.3 Å². The molecule has 1 saturated heterocycles. The van der Waals surface area contributed by atoms with E-state index in [0.717, 1.165) is 60.1 Å². The Morgan fingerprint density at radius 2 is 1.93 bits per heavy atom. The first kappa shape index (κ1) is 29.4. The molecule has 0 radical (unpaired) electrons. The Labute approximate surface area is 243 Å². The summed E-state index contributed by atoms with van der Waals surface area (Å²) in [6.45, 7) is 2.60. The van der Waals surface area contributed by atoms with Gasteiger partial charge in [-0.1, -0.05) is 13.3 Å². The minimum atomic E-state index is -4.54. The van der Waals surface area contributed by atoms with Crippen molar-refractivity contribution in [2.24, 2.45) is 17.8 Å². The van der Waals surface area contributed by atoms with E-state index in [2.05, 4.69) is 31.8 Å². The summed E-state index contributed by atoms with van der Waals surface area (Å²) in [5.41, 5.74) is 11.3. The smallest absolute Gasteiger partial charge is 0.434 e. The molecule has 9 nitrogen and oxygen atoms in total. The maximum Gasteiger partial charge on any atom is 0.434 e. The van der Waals surface area contributed by atoms with Crippen LogP contribution in [0, 0.1) is 0 Å². The summed E-state index contributed by atoms with van der Waals surface area (Å²) in [5, 5.41) is 0. The van der Waals surface area contributed by atoms with Crippen molar-refractivity contribution < 1.29 is 22.6 Å². The minimum Gasteiger partial charge on any atom is -0.496 e. The molecule has 1 saturated carbocycles. The van der Waals surface area contributed by atoms with Crippen molar-refractivity contribution in [3.05, 3.63) is 53.2 Å². The van der Waals surface area contributed by atoms with Gasteiger partial charge in [0.2, 0.25) is 5.88 Å². The molecule has 1 aromatic carbocycles. The molecule has 1 aliphatic heterocycles. The van der Waals surface area contributed by atoms with Crippen LogP contribution in [0.3, 0.4) is 0 Å². The van der Waals surface area contributed by atoms with Crippen molar-refractivity contribution in [1.29, 1.82) is 0 Å². The second-order valence-corrected chi connectivity index (χ2v) is 10.7. The van der Waals surface area contributed by atoms with Gasteiger partial charge in [-0.15, -0.1) is 0 Å². The number of hydrogen-bond donors (Lipinski definition) is 1. The van der Waals surface area contributed by atoms with Crippen molar-refractivity contribution in [3.8, 4) is 23.0 Å². The maximum absolute atomic E-state index is 13.4. The number of rotatable bonds is 8. The Balaban J connectivity index is 1.59. The highest BCUT2D eigenvalue weighted by atomic mass is 19.4. The van der Waals surface area contributed by atoms with Gasteiger partial charge in [0.15, 0.2) is 5.69 Å². The summed E-state index contributed by atoms with van der Waals surface area (Å²) in [6.07, 6.45) is 2.58. The van der Waals surface area contributed by atoms with Crippen LogP contribution in [0.5, 0.6) is 11.6 Å². The number of halogens is 3. The summed E-state index contributed by atoms with van der Waals surface area (Å²) in [4.78, 5) is 19.7. The van der Waals surface area contributed by atoms with E-state index >= 15 is 0 Å². The third-order valence-electron chi connectivity index (χ3n) is 7.96. The highest BCUT2D eigenvalue weighted by Gasteiger charge is 2.36. The van der Waals surface area contributed by atoms with E-state index in [0.29, 0.717) is 41.8 Å². The largest absolute Gasteiger partial charge is 0.496 e. The molecule has 5 rings (SSSR count). The van der Waals surface area contributed by atoms with Crippen LogP contribution in [-0.4, -0.2) is 59.1 Å². The highest BCUT2D eigenvalue weighted by molar-refractivity contribution is 6.08. The van der Waals surface area contributed by atoms with E-state index in [1.165, 1.54) is 25.1 Å². The van der Waals surface area contributed by atoms with Crippen LogP contribution in [0.25, 0.3) is 17.1 Å². The number of piperidine rings is 1. The van der Waals surface area contributed by atoms with Gasteiger partial charge in [-0.05, 0) is 31.4 Å². The highest BCUT2D eigenvalue weighted by Crippen LogP contribution is 2.44. The van der Waals surface area contributed by atoms with Crippen molar-refractivity contribution >= 4 is 17.1 Å². The van der Waals surface area contributed by atoms with Crippen LogP contribution in [0.1, 0.15) is 61.9 Å². The van der Waals surface area contributed by atoms with Gasteiger partial charge in [0, 0.05) is 68.3 Å². The fraction of sp³-hybridized carbons (Fsp3) is 0.467. The Kier molecular flexibility index (Phi) is 8.16. The standard InChI is InChI=1S/C30H36F3N7O2/c1-6-7-18-12-22(35-2)21(26(34)25-27(17-8-9-17)36-16-37-29(25)42-5)14-40(18)19-10-11-20(23(13-19)41-4)28-38-24(15-39(28)3)30(31,32)33/h10-11,13,15-18H,6-9,12,14,34H2,1-5H3/b26-21-,35-22?. The van der Waals surface area contributed by atoms with Crippen LogP contribution in [0.2, 0.25) is 0 Å². The zero-order valence-electron chi connectivity index (χ0n) is 24.5. The van der Waals surface area contributed by atoms with Gasteiger partial charge >= 0.3 is 6.18 Å². The lowest BCUT2D eigenvalue weighted by Crippen LogP contribution is -2.45. The molecule has 3 heterocycles. The topological polar surface area (TPSA) is 104 Å². The summed E-state index contributed by atoms with van der Waals surface area (Å²) >= 11 is 0. The van der Waals surface area contributed by atoms with Gasteiger partial charge in [0.05, 0.1) is 36.7 Å². The number of hydrogen-bond acceptors (Lipinski definition) is 8. The number of alkyl halides is 3. The second-order valence-electron chi connectivity index (χ2n) is 10.7. The average Bonchev–Trinajstić information content (AvgIpc) is 3.76. The molecule has 2 N–H and O–H groups in total. The molecule has 1 aliphatic carbocycles. The Hall–Kier alpha value is -4.09. The lowest BCUT2D eigenvalue weighted by atomic mass is 9.89. The Morgan fingerprint density at radius 1 is 1.17 bits per heavy atom. The summed E-state index contributed by atoms with van der Waals surface area (Å²) in [6, 6.07) is 5.63. The normalized spacial score (nSPS) is 19.8. The molecular formula is C30H36F3N7O2. The first-order valence-corrected chi connectivity index (χ1v) is 14.0. The predicted molar refractivity (Wildman–Crippen MR) is 156 cm³/mol. The van der Waals surface area contributed by atoms with Crippen molar-refractivity contribution in [3.63, 3.8) is 0 Å². The number of aryl methyl sites for hydroxylation is 1. The molecule has 224 valence electrons. The predicted octanol–water partition coefficient (Wildman–Crippen LogP) is 5.61. The summed E-state index contributed by atoms with van der Waals surface area (Å²) in [5.74, 6) is 1.36. The maximum atomic E-state index is 13.4. The Morgan fingerprint density at radius 3 is 2.52 bits per heavy atom. The number of nitrogens with zero attached hydrogens (tertiary/aromatic N) is 6. The Bertz CT molecular complexity index is 1530. The van der Waals surface area contributed by atoms with Crippen LogP contribution >= 0.6 is 0 Å². The number of benzene rings is 1. The lowest BCUT2D eigenvalue weighted by Gasteiger charge is -2.40. The van der Waals surface area contributed by atoms with Gasteiger partial charge < -0.3 is 24.7 Å². The monoisotopic (exact) mass is 583 g/mol. The first-order chi connectivity index (χ1) is 20.1. The van der Waals surface area contributed by atoms with Crippen LogP contribution in [0.4, 0.5) is 18.9 Å². The molecule has 0 spiro atoms. The molecule has 3 aromatic rings. The molecule has 0 amide bonds. The van der Waals surface area contributed by atoms with Gasteiger partial charge in [0.25, 0.3) is 0 Å². The number of aliphatic imine (C=N–C) groups is 1. The number of anilines is 1. The summed E-state index contributed by atoms with van der Waals surface area (Å²) in [7, 11) is 6.40. The molecule has 2 fully saturated rings. The molecule has 2 aliphatic rings. The fourth-order valence-electron chi connectivity index (χ4n) is 5.71. The molecule has 0 bridgehead atoms. The molecular weight excluding hydrogens is 547 g/mol. The SMILES string of the molecule is CCCC1CC(=NC)/C(=C(\N)c2c(OC)ncnc2C2CC2)CN1c1ccc(-c2nc(C(F)(F)F)cn2C)c(OC)c1. The van der Waals surface area contributed by atoms with Gasteiger partial charge in [-0.3, -0.25) is 4.99 Å². The van der Waals surface area contributed by atoms with Crippen molar-refractivity contribution in [2.75, 3.05) is 32.7 Å². The van der Waals surface area contributed by atoms with Crippen molar-refractivity contribution in [2.45, 2.75) is 57.2 Å². The zero-order chi connectivity index (χ0) is 30.2. The number of imidazole rings is 1. The molecule has 42 heavy (non-hydrogen) atoms.